The molecule has 1 aromatic carbocycles. The number of nitrogens with zero attached hydrogens (tertiary/aromatic N) is 3. The third-order valence-corrected chi connectivity index (χ3v) is 2.46. The molecule has 2 rings (SSSR count). The second-order valence-electron chi connectivity index (χ2n) is 3.69. The van der Waals surface area contributed by atoms with Crippen LogP contribution in [0.2, 0.25) is 0 Å². The van der Waals surface area contributed by atoms with Gasteiger partial charge in [-0.3, -0.25) is 4.79 Å². The number of carboxylic acid groups (broad SMARTS) is 1. The van der Waals surface area contributed by atoms with Crippen molar-refractivity contribution in [3.63, 3.8) is 0 Å². The van der Waals surface area contributed by atoms with Crippen molar-refractivity contribution in [2.75, 3.05) is 0 Å². The lowest BCUT2D eigenvalue weighted by Gasteiger charge is -2.07. The zero-order valence-electron chi connectivity index (χ0n) is 9.28. The smallest absolute Gasteiger partial charge is 0.303 e. The fourth-order valence-corrected chi connectivity index (χ4v) is 1.69. The molecule has 17 heavy (non-hydrogen) atoms. The van der Waals surface area contributed by atoms with Crippen molar-refractivity contribution in [3.8, 4) is 5.69 Å². The Hall–Kier alpha value is -2.17. The fourth-order valence-electron chi connectivity index (χ4n) is 1.69. The van der Waals surface area contributed by atoms with Crippen LogP contribution in [0, 0.1) is 0 Å². The average molecular weight is 231 g/mol. The number of aliphatic carboxylic acids is 1. The minimum atomic E-state index is -0.764. The van der Waals surface area contributed by atoms with Crippen molar-refractivity contribution in [1.29, 1.82) is 0 Å². The number of hydrogen-bond acceptors (Lipinski definition) is 3. The summed E-state index contributed by atoms with van der Waals surface area (Å²) in [7, 11) is 0. The molecule has 0 radical (unpaired) electrons. The second-order valence-corrected chi connectivity index (χ2v) is 3.69. The summed E-state index contributed by atoms with van der Waals surface area (Å²) in [5, 5.41) is 16.8. The van der Waals surface area contributed by atoms with Gasteiger partial charge in [-0.2, -0.15) is 15.0 Å². The first kappa shape index (κ1) is 11.3. The largest absolute Gasteiger partial charge is 0.481 e. The van der Waals surface area contributed by atoms with Gasteiger partial charge in [0.25, 0.3) is 0 Å². The van der Waals surface area contributed by atoms with Gasteiger partial charge in [-0.15, -0.1) is 0 Å². The summed E-state index contributed by atoms with van der Waals surface area (Å²) in [6.07, 6.45) is 4.75. The van der Waals surface area contributed by atoms with Gasteiger partial charge in [0.05, 0.1) is 18.1 Å². The highest BCUT2D eigenvalue weighted by Gasteiger charge is 2.06. The zero-order chi connectivity index (χ0) is 12.1. The predicted octanol–water partition coefficient (Wildman–Crippen LogP) is 1.67. The van der Waals surface area contributed by atoms with Gasteiger partial charge in [-0.05, 0) is 24.5 Å². The van der Waals surface area contributed by atoms with Crippen molar-refractivity contribution >= 4 is 5.97 Å². The highest BCUT2D eigenvalue weighted by Crippen LogP contribution is 2.14. The Labute approximate surface area is 98.7 Å². The van der Waals surface area contributed by atoms with E-state index in [1.807, 2.05) is 24.3 Å². The summed E-state index contributed by atoms with van der Waals surface area (Å²) in [6, 6.07) is 7.75. The van der Waals surface area contributed by atoms with Crippen molar-refractivity contribution in [2.45, 2.75) is 19.3 Å². The molecule has 0 aliphatic rings. The van der Waals surface area contributed by atoms with Crippen LogP contribution < -0.4 is 0 Å². The molecule has 0 unspecified atom stereocenters. The highest BCUT2D eigenvalue weighted by molar-refractivity contribution is 5.66. The first-order valence-electron chi connectivity index (χ1n) is 5.44. The van der Waals surface area contributed by atoms with Crippen LogP contribution in [0.5, 0.6) is 0 Å². The SMILES string of the molecule is O=C(O)CCCc1ccccc1-n1nccn1. The maximum absolute atomic E-state index is 10.5. The summed E-state index contributed by atoms with van der Waals surface area (Å²) in [5.74, 6) is -0.764. The molecule has 0 bridgehead atoms. The van der Waals surface area contributed by atoms with Crippen molar-refractivity contribution in [1.82, 2.24) is 15.0 Å². The molecule has 0 saturated carbocycles. The van der Waals surface area contributed by atoms with Crippen molar-refractivity contribution in [2.24, 2.45) is 0 Å². The summed E-state index contributed by atoms with van der Waals surface area (Å²) >= 11 is 0. The zero-order valence-corrected chi connectivity index (χ0v) is 9.28. The monoisotopic (exact) mass is 231 g/mol. The number of aryl methyl sites for hydroxylation is 1. The Balaban J connectivity index is 2.14. The first-order valence-corrected chi connectivity index (χ1v) is 5.44. The molecule has 1 aromatic heterocycles. The normalized spacial score (nSPS) is 10.4. The standard InChI is InChI=1S/C12H13N3O2/c16-12(17)7-3-5-10-4-1-2-6-11(10)15-13-8-9-14-15/h1-2,4,6,8-9H,3,5,7H2,(H,16,17). The van der Waals surface area contributed by atoms with E-state index < -0.39 is 5.97 Å². The fraction of sp³-hybridized carbons (Fsp3) is 0.250. The Bertz CT molecular complexity index is 494. The minimum Gasteiger partial charge on any atom is -0.481 e. The molecule has 0 spiro atoms. The molecule has 0 saturated heterocycles. The Morgan fingerprint density at radius 3 is 2.65 bits per heavy atom. The van der Waals surface area contributed by atoms with Crippen molar-refractivity contribution in [3.05, 3.63) is 42.2 Å². The van der Waals surface area contributed by atoms with E-state index in [-0.39, 0.29) is 6.42 Å². The van der Waals surface area contributed by atoms with Gasteiger partial charge in [-0.25, -0.2) is 0 Å². The third-order valence-electron chi connectivity index (χ3n) is 2.46. The lowest BCUT2D eigenvalue weighted by atomic mass is 10.1. The molecule has 0 atom stereocenters. The maximum atomic E-state index is 10.5. The molecule has 0 aliphatic carbocycles. The maximum Gasteiger partial charge on any atom is 0.303 e. The van der Waals surface area contributed by atoms with E-state index in [0.29, 0.717) is 12.8 Å². The molecule has 0 amide bonds. The van der Waals surface area contributed by atoms with Crippen LogP contribution in [0.3, 0.4) is 0 Å². The number of carbonyl (C=O) groups is 1. The second kappa shape index (κ2) is 5.25. The van der Waals surface area contributed by atoms with Crippen LogP contribution in [-0.2, 0) is 11.2 Å². The summed E-state index contributed by atoms with van der Waals surface area (Å²) in [4.78, 5) is 12.0. The van der Waals surface area contributed by atoms with E-state index in [1.54, 1.807) is 17.2 Å². The molecule has 0 aliphatic heterocycles. The number of hydrogen-bond donors (Lipinski definition) is 1. The van der Waals surface area contributed by atoms with Gasteiger partial charge in [0.1, 0.15) is 0 Å². The Kier molecular flexibility index (Phi) is 3.49. The van der Waals surface area contributed by atoms with Gasteiger partial charge < -0.3 is 5.11 Å². The lowest BCUT2D eigenvalue weighted by molar-refractivity contribution is -0.137. The lowest BCUT2D eigenvalue weighted by Crippen LogP contribution is -2.04. The van der Waals surface area contributed by atoms with Crippen LogP contribution >= 0.6 is 0 Å². The van der Waals surface area contributed by atoms with Crippen LogP contribution in [0.25, 0.3) is 5.69 Å². The van der Waals surface area contributed by atoms with E-state index in [0.717, 1.165) is 11.3 Å². The van der Waals surface area contributed by atoms with Crippen LogP contribution in [-0.4, -0.2) is 26.1 Å². The first-order chi connectivity index (χ1) is 8.27. The summed E-state index contributed by atoms with van der Waals surface area (Å²) in [6.45, 7) is 0. The van der Waals surface area contributed by atoms with Crippen LogP contribution in [0.15, 0.2) is 36.7 Å². The molecule has 1 N–H and O–H groups in total. The van der Waals surface area contributed by atoms with E-state index in [2.05, 4.69) is 10.2 Å². The van der Waals surface area contributed by atoms with Gasteiger partial charge in [0.2, 0.25) is 0 Å². The highest BCUT2D eigenvalue weighted by atomic mass is 16.4. The average Bonchev–Trinajstić information content (AvgIpc) is 2.82. The number of carboxylic acids is 1. The van der Waals surface area contributed by atoms with Crippen LogP contribution in [0.1, 0.15) is 18.4 Å². The van der Waals surface area contributed by atoms with Gasteiger partial charge in [0, 0.05) is 6.42 Å². The number of aromatic nitrogens is 3. The number of rotatable bonds is 5. The predicted molar refractivity (Wildman–Crippen MR) is 61.9 cm³/mol. The Morgan fingerprint density at radius 2 is 1.94 bits per heavy atom. The third kappa shape index (κ3) is 2.90. The van der Waals surface area contributed by atoms with Gasteiger partial charge in [0.15, 0.2) is 0 Å². The molecule has 5 nitrogen and oxygen atoms in total. The molecule has 88 valence electrons. The molecular weight excluding hydrogens is 218 g/mol. The van der Waals surface area contributed by atoms with Gasteiger partial charge in [-0.1, -0.05) is 18.2 Å². The number of benzene rings is 1. The van der Waals surface area contributed by atoms with Crippen molar-refractivity contribution < 1.29 is 9.90 Å². The van der Waals surface area contributed by atoms with E-state index in [1.165, 1.54) is 0 Å². The topological polar surface area (TPSA) is 68.0 Å². The molecule has 1 heterocycles. The molecule has 5 heteroatoms. The molecule has 0 fully saturated rings. The quantitative estimate of drug-likeness (QED) is 0.850. The van der Waals surface area contributed by atoms with Gasteiger partial charge >= 0.3 is 5.97 Å². The van der Waals surface area contributed by atoms with Crippen LogP contribution in [0.4, 0.5) is 0 Å². The summed E-state index contributed by atoms with van der Waals surface area (Å²) in [5.41, 5.74) is 1.97. The van der Waals surface area contributed by atoms with E-state index in [4.69, 9.17) is 5.11 Å². The number of para-hydroxylation sites is 1. The molecule has 2 aromatic rings. The minimum absolute atomic E-state index is 0.181. The van der Waals surface area contributed by atoms with E-state index >= 15 is 0 Å². The summed E-state index contributed by atoms with van der Waals surface area (Å²) < 4.78 is 0. The Morgan fingerprint density at radius 1 is 1.24 bits per heavy atom. The van der Waals surface area contributed by atoms with E-state index in [9.17, 15) is 4.79 Å². The molecular formula is C12H13N3O2.